The van der Waals surface area contributed by atoms with Gasteiger partial charge in [-0.15, -0.1) is 5.10 Å². The van der Waals surface area contributed by atoms with Crippen molar-refractivity contribution in [2.45, 2.75) is 102 Å². The average molecular weight is 644 g/mol. The SMILES string of the molecule is CC(=O)NC(CCC(=O)NCc1cn(CCO[C@@H]2O[C@H](CO)[C@@H](O)[C@H](O)[C@H]2NC(C)=O)nn1)C(=O)NCCCCCC(=O)NN. The molecule has 5 amide bonds. The van der Waals surface area contributed by atoms with E-state index in [4.69, 9.17) is 15.3 Å². The summed E-state index contributed by atoms with van der Waals surface area (Å²) in [6.45, 7) is 2.55. The molecule has 45 heavy (non-hydrogen) atoms. The first-order valence-corrected chi connectivity index (χ1v) is 14.7. The van der Waals surface area contributed by atoms with Crippen molar-refractivity contribution in [3.8, 4) is 0 Å². The maximum absolute atomic E-state index is 12.5. The zero-order valence-electron chi connectivity index (χ0n) is 25.4. The molecular weight excluding hydrogens is 598 g/mol. The third kappa shape index (κ3) is 13.4. The first-order valence-electron chi connectivity index (χ1n) is 14.7. The third-order valence-corrected chi connectivity index (χ3v) is 6.80. The van der Waals surface area contributed by atoms with E-state index in [0.29, 0.717) is 37.9 Å². The number of ether oxygens (including phenoxy) is 2. The molecule has 254 valence electrons. The van der Waals surface area contributed by atoms with E-state index < -0.39 is 61.0 Å². The Balaban J connectivity index is 1.75. The van der Waals surface area contributed by atoms with Crippen molar-refractivity contribution < 1.29 is 48.8 Å². The first-order chi connectivity index (χ1) is 21.4. The lowest BCUT2D eigenvalue weighted by molar-refractivity contribution is -0.270. The van der Waals surface area contributed by atoms with Crippen molar-refractivity contribution in [1.29, 1.82) is 0 Å². The van der Waals surface area contributed by atoms with Gasteiger partial charge >= 0.3 is 0 Å². The molecule has 10 N–H and O–H groups in total. The molecule has 19 nitrogen and oxygen atoms in total. The van der Waals surface area contributed by atoms with Gasteiger partial charge in [-0.25, -0.2) is 10.5 Å². The van der Waals surface area contributed by atoms with Gasteiger partial charge in [-0.3, -0.25) is 29.4 Å². The van der Waals surface area contributed by atoms with Gasteiger partial charge < -0.3 is 46.1 Å². The molecule has 2 heterocycles. The normalized spacial score (nSPS) is 21.8. The number of carbonyl (C=O) groups excluding carboxylic acids is 5. The lowest BCUT2D eigenvalue weighted by Gasteiger charge is -2.42. The van der Waals surface area contributed by atoms with Crippen molar-refractivity contribution in [2.75, 3.05) is 19.8 Å². The molecule has 1 saturated heterocycles. The number of nitrogens with two attached hydrogens (primary N) is 1. The van der Waals surface area contributed by atoms with Crippen LogP contribution in [0, 0.1) is 0 Å². The molecule has 1 aromatic rings. The van der Waals surface area contributed by atoms with E-state index in [-0.39, 0.29) is 44.4 Å². The van der Waals surface area contributed by atoms with E-state index in [1.807, 2.05) is 0 Å². The van der Waals surface area contributed by atoms with Gasteiger partial charge in [0.1, 0.15) is 36.1 Å². The number of nitrogens with zero attached hydrogens (tertiary/aromatic N) is 3. The van der Waals surface area contributed by atoms with Crippen LogP contribution in [0.1, 0.15) is 58.1 Å². The van der Waals surface area contributed by atoms with Crippen molar-refractivity contribution in [1.82, 2.24) is 41.7 Å². The van der Waals surface area contributed by atoms with Gasteiger partial charge in [-0.1, -0.05) is 11.6 Å². The van der Waals surface area contributed by atoms with Gasteiger partial charge in [0, 0.05) is 33.2 Å². The van der Waals surface area contributed by atoms with Gasteiger partial charge in [0.2, 0.25) is 29.5 Å². The Kier molecular flexibility index (Phi) is 16.3. The van der Waals surface area contributed by atoms with E-state index in [2.05, 4.69) is 37.0 Å². The predicted octanol–water partition coefficient (Wildman–Crippen LogP) is -4.19. The van der Waals surface area contributed by atoms with Crippen LogP contribution in [-0.4, -0.2) is 116 Å². The van der Waals surface area contributed by atoms with E-state index in [1.165, 1.54) is 18.5 Å². The Morgan fingerprint density at radius 1 is 1.04 bits per heavy atom. The summed E-state index contributed by atoms with van der Waals surface area (Å²) in [6, 6.07) is -1.96. The molecule has 19 heteroatoms. The molecule has 0 saturated carbocycles. The Bertz CT molecular complexity index is 1120. The molecule has 2 rings (SSSR count). The number of aliphatic hydroxyl groups excluding tert-OH is 3. The average Bonchev–Trinajstić information content (AvgIpc) is 3.46. The number of hydrazine groups is 1. The van der Waals surface area contributed by atoms with Crippen LogP contribution in [0.5, 0.6) is 0 Å². The summed E-state index contributed by atoms with van der Waals surface area (Å²) in [7, 11) is 0. The Labute approximate surface area is 259 Å². The van der Waals surface area contributed by atoms with Gasteiger partial charge in [0.15, 0.2) is 6.29 Å². The Morgan fingerprint density at radius 2 is 1.80 bits per heavy atom. The number of hydrogen-bond donors (Lipinski definition) is 9. The topological polar surface area (TPSA) is 281 Å². The van der Waals surface area contributed by atoms with E-state index in [1.54, 1.807) is 6.20 Å². The van der Waals surface area contributed by atoms with Crippen LogP contribution in [0.25, 0.3) is 0 Å². The van der Waals surface area contributed by atoms with Crippen LogP contribution in [0.4, 0.5) is 0 Å². The fourth-order valence-electron chi connectivity index (χ4n) is 4.47. The summed E-state index contributed by atoms with van der Waals surface area (Å²) in [4.78, 5) is 59.2. The summed E-state index contributed by atoms with van der Waals surface area (Å²) in [5, 5.41) is 48.2. The standard InChI is InChI=1S/C26H45N9O10/c1-15(37)30-18(25(43)28-9-5-3-4-6-21(40)32-27)7-8-20(39)29-12-17-13-35(34-33-17)10-11-44-26-22(31-16(2)38)24(42)23(41)19(14-36)45-26/h13,18-19,22-24,26,36,41-42H,3-12,14,27H2,1-2H3,(H,28,43)(H,29,39)(H,30,37)(H,31,38)(H,32,40)/t18?,19-,22-,23-,24-,26-/m1/s1. The van der Waals surface area contributed by atoms with Gasteiger partial charge in [-0.05, 0) is 19.3 Å². The predicted molar refractivity (Wildman–Crippen MR) is 154 cm³/mol. The number of unbranched alkanes of at least 4 members (excludes halogenated alkanes) is 2. The zero-order valence-corrected chi connectivity index (χ0v) is 25.4. The summed E-state index contributed by atoms with van der Waals surface area (Å²) >= 11 is 0. The highest BCUT2D eigenvalue weighted by atomic mass is 16.7. The second kappa shape index (κ2) is 19.6. The lowest BCUT2D eigenvalue weighted by atomic mass is 9.97. The number of nitrogens with one attached hydrogen (secondary N) is 5. The van der Waals surface area contributed by atoms with Crippen LogP contribution < -0.4 is 32.5 Å². The second-order valence-electron chi connectivity index (χ2n) is 10.5. The van der Waals surface area contributed by atoms with E-state index >= 15 is 0 Å². The number of aromatic nitrogens is 3. The number of hydrogen-bond acceptors (Lipinski definition) is 13. The molecular formula is C26H45N9O10. The summed E-state index contributed by atoms with van der Waals surface area (Å²) in [5.74, 6) is 3.11. The molecule has 1 fully saturated rings. The zero-order chi connectivity index (χ0) is 33.4. The third-order valence-electron chi connectivity index (χ3n) is 6.80. The van der Waals surface area contributed by atoms with Crippen LogP contribution in [0.15, 0.2) is 6.20 Å². The Morgan fingerprint density at radius 3 is 2.47 bits per heavy atom. The van der Waals surface area contributed by atoms with Gasteiger partial charge in [0.05, 0.1) is 32.5 Å². The lowest BCUT2D eigenvalue weighted by Crippen LogP contribution is -2.64. The summed E-state index contributed by atoms with van der Waals surface area (Å²) in [6.07, 6.45) is -1.25. The Hall–Kier alpha value is -3.75. The van der Waals surface area contributed by atoms with Crippen LogP contribution in [0.2, 0.25) is 0 Å². The number of rotatable bonds is 19. The molecule has 1 aromatic heterocycles. The van der Waals surface area contributed by atoms with Crippen LogP contribution in [0.3, 0.4) is 0 Å². The first kappa shape index (κ1) is 37.4. The maximum Gasteiger partial charge on any atom is 0.242 e. The second-order valence-corrected chi connectivity index (χ2v) is 10.5. The molecule has 1 aliphatic rings. The molecule has 0 aliphatic carbocycles. The van der Waals surface area contributed by atoms with Crippen LogP contribution in [-0.2, 0) is 46.5 Å². The molecule has 1 unspecified atom stereocenters. The smallest absolute Gasteiger partial charge is 0.242 e. The number of carbonyl (C=O) groups is 5. The molecule has 0 spiro atoms. The molecule has 6 atom stereocenters. The summed E-state index contributed by atoms with van der Waals surface area (Å²) in [5.41, 5.74) is 2.49. The molecule has 0 bridgehead atoms. The van der Waals surface area contributed by atoms with E-state index in [9.17, 15) is 39.3 Å². The largest absolute Gasteiger partial charge is 0.394 e. The number of amides is 5. The minimum atomic E-state index is -1.43. The molecule has 0 aromatic carbocycles. The fraction of sp³-hybridized carbons (Fsp3) is 0.731. The van der Waals surface area contributed by atoms with Crippen molar-refractivity contribution in [3.05, 3.63) is 11.9 Å². The fourth-order valence-corrected chi connectivity index (χ4v) is 4.47. The highest BCUT2D eigenvalue weighted by Gasteiger charge is 2.45. The van der Waals surface area contributed by atoms with Gasteiger partial charge in [0.25, 0.3) is 0 Å². The molecule has 0 radical (unpaired) electrons. The highest BCUT2D eigenvalue weighted by molar-refractivity contribution is 5.87. The highest BCUT2D eigenvalue weighted by Crippen LogP contribution is 2.22. The maximum atomic E-state index is 12.5. The minimum Gasteiger partial charge on any atom is -0.394 e. The van der Waals surface area contributed by atoms with Crippen LogP contribution >= 0.6 is 0 Å². The van der Waals surface area contributed by atoms with Crippen molar-refractivity contribution in [2.24, 2.45) is 5.84 Å². The quantitative estimate of drug-likeness (QED) is 0.0300. The number of aliphatic hydroxyl groups is 3. The van der Waals surface area contributed by atoms with Crippen molar-refractivity contribution in [3.63, 3.8) is 0 Å². The van der Waals surface area contributed by atoms with Gasteiger partial charge in [-0.2, -0.15) is 0 Å². The van der Waals surface area contributed by atoms with E-state index in [0.717, 1.165) is 0 Å². The minimum absolute atomic E-state index is 0.00885. The monoisotopic (exact) mass is 643 g/mol. The summed E-state index contributed by atoms with van der Waals surface area (Å²) < 4.78 is 12.6. The van der Waals surface area contributed by atoms with Crippen molar-refractivity contribution >= 4 is 29.5 Å². The molecule has 1 aliphatic heterocycles.